The van der Waals surface area contributed by atoms with E-state index in [2.05, 4.69) is 41.0 Å². The number of aromatic nitrogens is 2. The highest BCUT2D eigenvalue weighted by atomic mass is 32.2. The number of allylic oxidation sites excluding steroid dienone is 1. The Morgan fingerprint density at radius 2 is 1.79 bits per heavy atom. The Morgan fingerprint density at radius 3 is 2.60 bits per heavy atom. The van der Waals surface area contributed by atoms with Gasteiger partial charge < -0.3 is 14.6 Å². The van der Waals surface area contributed by atoms with Crippen LogP contribution in [0.5, 0.6) is 11.5 Å². The lowest BCUT2D eigenvalue weighted by molar-refractivity contribution is -0.117. The zero-order valence-corrected chi connectivity index (χ0v) is 27.2. The number of nitrogens with zero attached hydrogens (tertiary/aromatic N) is 3. The molecule has 4 aromatic carbocycles. The van der Waals surface area contributed by atoms with Gasteiger partial charge in [0.05, 0.1) is 18.2 Å². The molecule has 1 atom stereocenters. The predicted molar refractivity (Wildman–Crippen MR) is 187 cm³/mol. The molecule has 10 heteroatoms. The largest absolute Gasteiger partial charge is 0.503 e. The molecule has 1 N–H and O–H groups in total. The first-order chi connectivity index (χ1) is 23.0. The minimum atomic E-state index is -0.994. The molecule has 2 heterocycles. The van der Waals surface area contributed by atoms with Crippen LogP contribution < -0.4 is 14.4 Å². The molecule has 8 nitrogen and oxygen atoms in total. The van der Waals surface area contributed by atoms with E-state index in [4.69, 9.17) is 9.47 Å². The zero-order valence-electron chi connectivity index (χ0n) is 25.5. The van der Waals surface area contributed by atoms with E-state index in [1.807, 2.05) is 55.5 Å². The third kappa shape index (κ3) is 6.84. The van der Waals surface area contributed by atoms with Crippen LogP contribution in [0.1, 0.15) is 29.7 Å². The van der Waals surface area contributed by atoms with Gasteiger partial charge in [-0.1, -0.05) is 121 Å². The molecule has 236 valence electrons. The summed E-state index contributed by atoms with van der Waals surface area (Å²) in [5, 5.41) is 22.5. The first kappa shape index (κ1) is 31.8. The van der Waals surface area contributed by atoms with Crippen molar-refractivity contribution >= 4 is 56.8 Å². The fourth-order valence-corrected chi connectivity index (χ4v) is 7.21. The maximum Gasteiger partial charge on any atom is 0.296 e. The highest BCUT2D eigenvalue weighted by Gasteiger charge is 2.45. The Kier molecular flexibility index (Phi) is 9.80. The Labute approximate surface area is 280 Å². The second-order valence-electron chi connectivity index (χ2n) is 10.5. The van der Waals surface area contributed by atoms with Crippen LogP contribution >= 0.6 is 23.1 Å². The van der Waals surface area contributed by atoms with Crippen LogP contribution in [0.3, 0.4) is 0 Å². The Hall–Kier alpha value is -5.19. The van der Waals surface area contributed by atoms with E-state index < -0.39 is 23.5 Å². The summed E-state index contributed by atoms with van der Waals surface area (Å²) in [5.74, 6) is -0.317. The van der Waals surface area contributed by atoms with Gasteiger partial charge >= 0.3 is 0 Å². The summed E-state index contributed by atoms with van der Waals surface area (Å²) in [6, 6.07) is 27.9. The molecule has 1 aliphatic rings. The van der Waals surface area contributed by atoms with Crippen LogP contribution in [0, 0.1) is 0 Å². The fraction of sp³-hybridized carbons (Fsp3) is 0.135. The molecule has 1 unspecified atom stereocenters. The standard InChI is InChI=1S/C37H31N3O5S2/c1-3-21-45-30-20-18-26(22-31(30)44-4-2)33-32(29(41)19-17-24-11-6-5-7-12-24)34(42)35(43)40(33)36-38-39-37(47-36)46-23-27-15-10-14-25-13-8-9-16-28(25)27/h3,5-20,22,33,42H,1,4,21,23H2,2H3. The van der Waals surface area contributed by atoms with E-state index in [1.54, 1.807) is 30.4 Å². The molecule has 5 aromatic rings. The summed E-state index contributed by atoms with van der Waals surface area (Å²) in [6.45, 7) is 6.19. The number of carbonyl (C=O) groups is 2. The van der Waals surface area contributed by atoms with E-state index in [0.717, 1.165) is 21.9 Å². The Balaban J connectivity index is 1.35. The number of ether oxygens (including phenoxy) is 2. The smallest absolute Gasteiger partial charge is 0.296 e. The molecule has 1 amide bonds. The highest BCUT2D eigenvalue weighted by Crippen LogP contribution is 2.45. The van der Waals surface area contributed by atoms with Gasteiger partial charge in [0.25, 0.3) is 5.91 Å². The van der Waals surface area contributed by atoms with Gasteiger partial charge in [-0.25, -0.2) is 0 Å². The normalized spacial score (nSPS) is 14.7. The van der Waals surface area contributed by atoms with Crippen molar-refractivity contribution < 1.29 is 24.2 Å². The van der Waals surface area contributed by atoms with Crippen LogP contribution in [0.4, 0.5) is 5.13 Å². The van der Waals surface area contributed by atoms with Crippen molar-refractivity contribution in [3.63, 3.8) is 0 Å². The number of benzene rings is 4. The molecular formula is C37H31N3O5S2. The monoisotopic (exact) mass is 661 g/mol. The first-order valence-electron chi connectivity index (χ1n) is 15.0. The highest BCUT2D eigenvalue weighted by molar-refractivity contribution is 8.00. The van der Waals surface area contributed by atoms with Gasteiger partial charge in [0.2, 0.25) is 5.13 Å². The van der Waals surface area contributed by atoms with Crippen LogP contribution in [0.25, 0.3) is 16.8 Å². The first-order valence-corrected chi connectivity index (χ1v) is 16.8. The molecule has 47 heavy (non-hydrogen) atoms. The van der Waals surface area contributed by atoms with Gasteiger partial charge in [0, 0.05) is 5.75 Å². The van der Waals surface area contributed by atoms with Crippen molar-refractivity contribution in [2.45, 2.75) is 23.1 Å². The predicted octanol–water partition coefficient (Wildman–Crippen LogP) is 8.13. The molecule has 6 rings (SSSR count). The lowest BCUT2D eigenvalue weighted by atomic mass is 9.95. The minimum Gasteiger partial charge on any atom is -0.503 e. The summed E-state index contributed by atoms with van der Waals surface area (Å²) < 4.78 is 12.3. The van der Waals surface area contributed by atoms with E-state index in [0.29, 0.717) is 33.8 Å². The lowest BCUT2D eigenvalue weighted by Crippen LogP contribution is -2.31. The number of fused-ring (bicyclic) bond motifs is 1. The number of anilines is 1. The Bertz CT molecular complexity index is 2000. The van der Waals surface area contributed by atoms with Crippen molar-refractivity contribution in [1.82, 2.24) is 10.2 Å². The summed E-state index contributed by atoms with van der Waals surface area (Å²) in [6.07, 6.45) is 4.64. The maximum absolute atomic E-state index is 13.7. The van der Waals surface area contributed by atoms with Gasteiger partial charge in [0.15, 0.2) is 27.4 Å². The average molecular weight is 662 g/mol. The maximum atomic E-state index is 13.7. The molecule has 0 saturated carbocycles. The van der Waals surface area contributed by atoms with E-state index in [9.17, 15) is 14.7 Å². The lowest BCUT2D eigenvalue weighted by Gasteiger charge is -2.24. The Morgan fingerprint density at radius 1 is 1.00 bits per heavy atom. The van der Waals surface area contributed by atoms with Gasteiger partial charge in [-0.3, -0.25) is 14.5 Å². The summed E-state index contributed by atoms with van der Waals surface area (Å²) in [7, 11) is 0. The molecule has 0 aliphatic carbocycles. The molecule has 0 fully saturated rings. The summed E-state index contributed by atoms with van der Waals surface area (Å²) in [5.41, 5.74) is 2.43. The van der Waals surface area contributed by atoms with Crippen molar-refractivity contribution in [2.75, 3.05) is 18.1 Å². The number of rotatable bonds is 13. The molecule has 0 bridgehead atoms. The van der Waals surface area contributed by atoms with E-state index in [-0.39, 0.29) is 17.3 Å². The molecule has 1 aromatic heterocycles. The fourth-order valence-electron chi connectivity index (χ4n) is 5.34. The van der Waals surface area contributed by atoms with Gasteiger partial charge in [-0.2, -0.15) is 0 Å². The van der Waals surface area contributed by atoms with Crippen molar-refractivity contribution in [1.29, 1.82) is 0 Å². The van der Waals surface area contributed by atoms with Crippen LogP contribution in [0.15, 0.2) is 125 Å². The van der Waals surface area contributed by atoms with Crippen molar-refractivity contribution in [2.24, 2.45) is 0 Å². The SMILES string of the molecule is C=CCOc1ccc(C2C(C(=O)C=Cc3ccccc3)=C(O)C(=O)N2c2nnc(SCc3cccc4ccccc34)s2)cc1OCC. The summed E-state index contributed by atoms with van der Waals surface area (Å²) >= 11 is 2.73. The number of ketones is 1. The molecule has 0 saturated heterocycles. The number of hydrogen-bond donors (Lipinski definition) is 1. The number of aliphatic hydroxyl groups is 1. The van der Waals surface area contributed by atoms with E-state index in [1.165, 1.54) is 34.1 Å². The second kappa shape index (κ2) is 14.5. The van der Waals surface area contributed by atoms with E-state index >= 15 is 0 Å². The molecule has 1 aliphatic heterocycles. The molecule has 0 radical (unpaired) electrons. The summed E-state index contributed by atoms with van der Waals surface area (Å²) in [4.78, 5) is 28.8. The van der Waals surface area contributed by atoms with Crippen molar-refractivity contribution in [3.05, 3.63) is 138 Å². The average Bonchev–Trinajstić information content (AvgIpc) is 3.67. The second-order valence-corrected chi connectivity index (χ2v) is 12.6. The third-order valence-corrected chi connectivity index (χ3v) is 9.58. The van der Waals surface area contributed by atoms with Gasteiger partial charge in [-0.05, 0) is 52.6 Å². The van der Waals surface area contributed by atoms with Gasteiger partial charge in [-0.15, -0.1) is 10.2 Å². The van der Waals surface area contributed by atoms with Crippen LogP contribution in [-0.2, 0) is 15.3 Å². The molecule has 0 spiro atoms. The van der Waals surface area contributed by atoms with Crippen LogP contribution in [0.2, 0.25) is 0 Å². The number of amides is 1. The number of hydrogen-bond acceptors (Lipinski definition) is 9. The topological polar surface area (TPSA) is 102 Å². The quantitative estimate of drug-likeness (QED) is 0.0584. The van der Waals surface area contributed by atoms with Crippen molar-refractivity contribution in [3.8, 4) is 11.5 Å². The third-order valence-electron chi connectivity index (χ3n) is 7.47. The molecular weight excluding hydrogens is 631 g/mol. The minimum absolute atomic E-state index is 0.0652. The van der Waals surface area contributed by atoms with Crippen LogP contribution in [-0.4, -0.2) is 40.2 Å². The van der Waals surface area contributed by atoms with Gasteiger partial charge in [0.1, 0.15) is 6.61 Å². The number of carbonyl (C=O) groups excluding carboxylic acids is 2. The number of thioether (sulfide) groups is 1. The zero-order chi connectivity index (χ0) is 32.8. The number of aliphatic hydroxyl groups excluding tert-OH is 1.